The van der Waals surface area contributed by atoms with Crippen molar-refractivity contribution in [1.29, 1.82) is 0 Å². The Morgan fingerprint density at radius 3 is 2.94 bits per heavy atom. The van der Waals surface area contributed by atoms with Gasteiger partial charge in [0.05, 0.1) is 18.6 Å². The quantitative estimate of drug-likeness (QED) is 0.851. The minimum atomic E-state index is 0.108. The van der Waals surface area contributed by atoms with E-state index in [-0.39, 0.29) is 5.41 Å². The van der Waals surface area contributed by atoms with E-state index < -0.39 is 0 Å². The first-order valence-electron chi connectivity index (χ1n) is 5.88. The smallest absolute Gasteiger partial charge is 0.0597 e. The Morgan fingerprint density at radius 2 is 2.25 bits per heavy atom. The second-order valence-electron chi connectivity index (χ2n) is 4.75. The largest absolute Gasteiger partial charge is 0.379 e. The lowest BCUT2D eigenvalue weighted by Gasteiger charge is -2.41. The molecule has 1 aromatic rings. The van der Waals surface area contributed by atoms with Crippen LogP contribution in [0.2, 0.25) is 0 Å². The van der Waals surface area contributed by atoms with Gasteiger partial charge in [0.15, 0.2) is 0 Å². The maximum atomic E-state index is 5.89. The number of nitrogens with two attached hydrogens (primary N) is 1. The Morgan fingerprint density at radius 1 is 1.38 bits per heavy atom. The number of rotatable bonds is 2. The third-order valence-electron chi connectivity index (χ3n) is 3.67. The second-order valence-corrected chi connectivity index (χ2v) is 5.89. The standard InChI is InChI=1S/C13H17NOS/c14-7-13(8-15-9-13)11-3-4-12-10(6-11)2-1-5-16-12/h3-4,6H,1-2,5,7-9,14H2. The molecule has 0 saturated carbocycles. The minimum Gasteiger partial charge on any atom is -0.379 e. The van der Waals surface area contributed by atoms with Gasteiger partial charge in [-0.2, -0.15) is 0 Å². The van der Waals surface area contributed by atoms with Gasteiger partial charge in [-0.05, 0) is 35.8 Å². The molecule has 3 heteroatoms. The molecule has 0 aliphatic carbocycles. The highest BCUT2D eigenvalue weighted by Gasteiger charge is 2.39. The van der Waals surface area contributed by atoms with Gasteiger partial charge in [-0.3, -0.25) is 0 Å². The van der Waals surface area contributed by atoms with E-state index in [0.717, 1.165) is 13.2 Å². The van der Waals surface area contributed by atoms with Crippen molar-refractivity contribution in [2.24, 2.45) is 5.73 Å². The molecule has 2 nitrogen and oxygen atoms in total. The van der Waals surface area contributed by atoms with Gasteiger partial charge in [-0.15, -0.1) is 11.8 Å². The van der Waals surface area contributed by atoms with Crippen LogP contribution in [0.4, 0.5) is 0 Å². The lowest BCUT2D eigenvalue weighted by atomic mass is 9.78. The van der Waals surface area contributed by atoms with E-state index in [4.69, 9.17) is 10.5 Å². The van der Waals surface area contributed by atoms with E-state index in [1.807, 2.05) is 11.8 Å². The molecule has 2 aliphatic heterocycles. The molecule has 86 valence electrons. The van der Waals surface area contributed by atoms with E-state index >= 15 is 0 Å². The molecule has 2 heterocycles. The van der Waals surface area contributed by atoms with Crippen LogP contribution in [0.3, 0.4) is 0 Å². The summed E-state index contributed by atoms with van der Waals surface area (Å²) in [4.78, 5) is 1.46. The van der Waals surface area contributed by atoms with E-state index in [2.05, 4.69) is 18.2 Å². The van der Waals surface area contributed by atoms with Gasteiger partial charge in [0.25, 0.3) is 0 Å². The van der Waals surface area contributed by atoms with Crippen molar-refractivity contribution in [3.05, 3.63) is 29.3 Å². The van der Waals surface area contributed by atoms with Crippen LogP contribution in [0, 0.1) is 0 Å². The highest BCUT2D eigenvalue weighted by Crippen LogP contribution is 2.36. The third kappa shape index (κ3) is 1.58. The van der Waals surface area contributed by atoms with Gasteiger partial charge >= 0.3 is 0 Å². The van der Waals surface area contributed by atoms with Gasteiger partial charge in [-0.1, -0.05) is 12.1 Å². The maximum absolute atomic E-state index is 5.89. The molecule has 0 radical (unpaired) electrons. The average Bonchev–Trinajstić information content (AvgIpc) is 2.28. The third-order valence-corrected chi connectivity index (χ3v) is 4.87. The molecular formula is C13H17NOS. The summed E-state index contributed by atoms with van der Waals surface area (Å²) in [6.45, 7) is 2.27. The Balaban J connectivity index is 1.96. The summed E-state index contributed by atoms with van der Waals surface area (Å²) in [7, 11) is 0. The zero-order chi connectivity index (χ0) is 11.0. The molecule has 2 N–H and O–H groups in total. The van der Waals surface area contributed by atoms with E-state index in [9.17, 15) is 0 Å². The van der Waals surface area contributed by atoms with Crippen LogP contribution in [0.25, 0.3) is 0 Å². The first-order valence-corrected chi connectivity index (χ1v) is 6.87. The lowest BCUT2D eigenvalue weighted by Crippen LogP contribution is -2.52. The van der Waals surface area contributed by atoms with Crippen molar-refractivity contribution < 1.29 is 4.74 Å². The van der Waals surface area contributed by atoms with Crippen LogP contribution in [-0.4, -0.2) is 25.5 Å². The minimum absolute atomic E-state index is 0.108. The number of ether oxygens (including phenoxy) is 1. The Hall–Kier alpha value is -0.510. The summed E-state index contributed by atoms with van der Waals surface area (Å²) in [5.41, 5.74) is 8.89. The molecule has 1 saturated heterocycles. The summed E-state index contributed by atoms with van der Waals surface area (Å²) in [5.74, 6) is 1.26. The van der Waals surface area contributed by atoms with Crippen molar-refractivity contribution in [2.45, 2.75) is 23.2 Å². The highest BCUT2D eigenvalue weighted by atomic mass is 32.2. The van der Waals surface area contributed by atoms with Gasteiger partial charge in [0.2, 0.25) is 0 Å². The van der Waals surface area contributed by atoms with Gasteiger partial charge in [0.1, 0.15) is 0 Å². The molecule has 0 aromatic heterocycles. The van der Waals surface area contributed by atoms with Crippen LogP contribution in [-0.2, 0) is 16.6 Å². The van der Waals surface area contributed by atoms with Crippen LogP contribution in [0.5, 0.6) is 0 Å². The monoisotopic (exact) mass is 235 g/mol. The van der Waals surface area contributed by atoms with Crippen molar-refractivity contribution >= 4 is 11.8 Å². The SMILES string of the molecule is NCC1(c2ccc3c(c2)CCCS3)COC1. The van der Waals surface area contributed by atoms with Gasteiger partial charge < -0.3 is 10.5 Å². The maximum Gasteiger partial charge on any atom is 0.0597 e. The molecule has 1 aromatic carbocycles. The molecule has 1 fully saturated rings. The highest BCUT2D eigenvalue weighted by molar-refractivity contribution is 7.99. The van der Waals surface area contributed by atoms with E-state index in [1.165, 1.54) is 34.6 Å². The van der Waals surface area contributed by atoms with E-state index in [0.29, 0.717) is 6.54 Å². The fraction of sp³-hybridized carbons (Fsp3) is 0.538. The fourth-order valence-electron chi connectivity index (χ4n) is 2.44. The van der Waals surface area contributed by atoms with Crippen LogP contribution >= 0.6 is 11.8 Å². The number of hydrogen-bond donors (Lipinski definition) is 1. The zero-order valence-corrected chi connectivity index (χ0v) is 10.2. The topological polar surface area (TPSA) is 35.2 Å². The first-order chi connectivity index (χ1) is 7.84. The van der Waals surface area contributed by atoms with Crippen LogP contribution in [0.1, 0.15) is 17.5 Å². The molecule has 2 aliphatic rings. The summed E-state index contributed by atoms with van der Waals surface area (Å²) < 4.78 is 5.34. The number of thioether (sulfide) groups is 1. The molecule has 0 bridgehead atoms. The summed E-state index contributed by atoms with van der Waals surface area (Å²) in [6.07, 6.45) is 2.52. The van der Waals surface area contributed by atoms with Crippen molar-refractivity contribution in [2.75, 3.05) is 25.5 Å². The van der Waals surface area contributed by atoms with Gasteiger partial charge in [0, 0.05) is 11.4 Å². The predicted octanol–water partition coefficient (Wildman–Crippen LogP) is 1.95. The zero-order valence-electron chi connectivity index (χ0n) is 9.37. The Kier molecular flexibility index (Phi) is 2.70. The summed E-state index contributed by atoms with van der Waals surface area (Å²) in [6, 6.07) is 6.87. The second kappa shape index (κ2) is 4.06. The summed E-state index contributed by atoms with van der Waals surface area (Å²) >= 11 is 1.98. The van der Waals surface area contributed by atoms with Crippen molar-refractivity contribution in [3.8, 4) is 0 Å². The fourth-order valence-corrected chi connectivity index (χ4v) is 3.46. The molecule has 0 spiro atoms. The van der Waals surface area contributed by atoms with Crippen molar-refractivity contribution in [1.82, 2.24) is 0 Å². The molecule has 0 atom stereocenters. The summed E-state index contributed by atoms with van der Waals surface area (Å²) in [5, 5.41) is 0. The molecule has 0 unspecified atom stereocenters. The first kappa shape index (κ1) is 10.6. The number of aryl methyl sites for hydroxylation is 1. The van der Waals surface area contributed by atoms with E-state index in [1.54, 1.807) is 0 Å². The molecular weight excluding hydrogens is 218 g/mol. The predicted molar refractivity (Wildman–Crippen MR) is 67.0 cm³/mol. The molecule has 0 amide bonds. The number of benzene rings is 1. The Bertz CT molecular complexity index is 395. The van der Waals surface area contributed by atoms with Crippen LogP contribution < -0.4 is 5.73 Å². The number of hydrogen-bond acceptors (Lipinski definition) is 3. The van der Waals surface area contributed by atoms with Gasteiger partial charge in [-0.25, -0.2) is 0 Å². The molecule has 16 heavy (non-hydrogen) atoms. The normalized spacial score (nSPS) is 22.3. The lowest BCUT2D eigenvalue weighted by molar-refractivity contribution is -0.0550. The Labute approximate surface area is 101 Å². The number of fused-ring (bicyclic) bond motifs is 1. The molecule has 3 rings (SSSR count). The van der Waals surface area contributed by atoms with Crippen LogP contribution in [0.15, 0.2) is 23.1 Å². The van der Waals surface area contributed by atoms with Crippen molar-refractivity contribution in [3.63, 3.8) is 0 Å². The average molecular weight is 235 g/mol.